The number of nitrogens with zero attached hydrogens (tertiary/aromatic N) is 2. The van der Waals surface area contributed by atoms with Crippen molar-refractivity contribution in [2.45, 2.75) is 6.82 Å². The van der Waals surface area contributed by atoms with Gasteiger partial charge in [-0.15, -0.1) is 0 Å². The van der Waals surface area contributed by atoms with Gasteiger partial charge in [0.1, 0.15) is 6.26 Å². The van der Waals surface area contributed by atoms with Crippen LogP contribution in [0.1, 0.15) is 32.0 Å². The number of carbonyl (C=O) groups is 3. The fraction of sp³-hybridized carbons (Fsp3) is 0.0526. The van der Waals surface area contributed by atoms with Crippen molar-refractivity contribution in [1.82, 2.24) is 9.55 Å². The maximum Gasteiger partial charge on any atom is 0.236 e. The molecule has 1 aliphatic carbocycles. The molecule has 2 heterocycles. The lowest BCUT2D eigenvalue weighted by atomic mass is 9.67. The van der Waals surface area contributed by atoms with E-state index in [0.717, 1.165) is 5.69 Å². The van der Waals surface area contributed by atoms with E-state index < -0.39 is 11.6 Å². The third-order valence-corrected chi connectivity index (χ3v) is 5.16. The topological polar surface area (TPSA) is 82.2 Å². The van der Waals surface area contributed by atoms with Crippen LogP contribution in [0.25, 0.3) is 10.2 Å². The summed E-state index contributed by atoms with van der Waals surface area (Å²) in [7, 11) is 1.53. The number of rotatable bonds is 4. The summed E-state index contributed by atoms with van der Waals surface area (Å²) in [6.07, 6.45) is 6.33. The van der Waals surface area contributed by atoms with E-state index >= 15 is 0 Å². The Labute approximate surface area is 163 Å². The number of hydrogen-bond acceptors (Lipinski definition) is 5. The maximum absolute atomic E-state index is 12.9. The standard InChI is InChI=1S/C19H11BBrN2O4/c1-20-14-15(21)19-13(17(25)18(14)26)12(8-27-19)16(24)10-2-4-11(5-3-10)23-7-6-22-9-23/h2-9H,1H3. The molecule has 0 atom stereocenters. The number of Topliss-reactive ketones (excluding diaryl/α,β-unsaturated/α-hetero) is 2. The highest BCUT2D eigenvalue weighted by Crippen LogP contribution is 2.37. The van der Waals surface area contributed by atoms with Gasteiger partial charge in [-0.05, 0) is 45.7 Å². The van der Waals surface area contributed by atoms with E-state index in [2.05, 4.69) is 20.9 Å². The molecule has 0 amide bonds. The fourth-order valence-corrected chi connectivity index (χ4v) is 3.68. The number of carbonyl (C=O) groups excluding carboxylic acids is 3. The molecular weight excluding hydrogens is 411 g/mol. The minimum atomic E-state index is -0.742. The Hall–Kier alpha value is -3.00. The van der Waals surface area contributed by atoms with Gasteiger partial charge in [0.05, 0.1) is 21.9 Å². The van der Waals surface area contributed by atoms with E-state index in [0.29, 0.717) is 10.0 Å². The van der Waals surface area contributed by atoms with Gasteiger partial charge in [-0.25, -0.2) is 4.98 Å². The van der Waals surface area contributed by atoms with Crippen LogP contribution in [-0.2, 0) is 4.79 Å². The van der Waals surface area contributed by atoms with Crippen molar-refractivity contribution in [2.24, 2.45) is 0 Å². The highest BCUT2D eigenvalue weighted by Gasteiger charge is 2.37. The third kappa shape index (κ3) is 2.73. The van der Waals surface area contributed by atoms with Crippen LogP contribution in [0.3, 0.4) is 0 Å². The van der Waals surface area contributed by atoms with Crippen molar-refractivity contribution in [3.05, 3.63) is 77.2 Å². The van der Waals surface area contributed by atoms with E-state index in [4.69, 9.17) is 4.42 Å². The molecule has 3 aromatic rings. The molecule has 4 rings (SSSR count). The molecule has 0 unspecified atom stereocenters. The first-order chi connectivity index (χ1) is 13.0. The second kappa shape index (κ2) is 6.63. The van der Waals surface area contributed by atoms with E-state index in [1.54, 1.807) is 54.4 Å². The lowest BCUT2D eigenvalue weighted by Crippen LogP contribution is -2.26. The lowest BCUT2D eigenvalue weighted by molar-refractivity contribution is -0.111. The maximum atomic E-state index is 12.9. The van der Waals surface area contributed by atoms with Crippen molar-refractivity contribution >= 4 is 45.0 Å². The summed E-state index contributed by atoms with van der Waals surface area (Å²) in [5.74, 6) is -1.59. The summed E-state index contributed by atoms with van der Waals surface area (Å²) in [5, 5.41) is 0. The van der Waals surface area contributed by atoms with E-state index in [1.807, 2.05) is 0 Å². The predicted molar refractivity (Wildman–Crippen MR) is 103 cm³/mol. The van der Waals surface area contributed by atoms with Crippen LogP contribution in [0.4, 0.5) is 0 Å². The van der Waals surface area contributed by atoms with E-state index in [1.165, 1.54) is 13.5 Å². The Morgan fingerprint density at radius 3 is 2.56 bits per heavy atom. The Kier molecular flexibility index (Phi) is 4.27. The van der Waals surface area contributed by atoms with Crippen molar-refractivity contribution in [3.8, 4) is 5.69 Å². The van der Waals surface area contributed by atoms with E-state index in [9.17, 15) is 14.4 Å². The summed E-state index contributed by atoms with van der Waals surface area (Å²) in [6.45, 7) is 1.66. The molecule has 131 valence electrons. The van der Waals surface area contributed by atoms with Crippen LogP contribution in [0.2, 0.25) is 6.82 Å². The van der Waals surface area contributed by atoms with Crippen LogP contribution < -0.4 is 0 Å². The first-order valence-electron chi connectivity index (χ1n) is 8.06. The molecule has 1 aliphatic rings. The third-order valence-electron chi connectivity index (χ3n) is 4.37. The summed E-state index contributed by atoms with van der Waals surface area (Å²) in [5.41, 5.74) is 1.53. The molecule has 1 radical (unpaired) electrons. The van der Waals surface area contributed by atoms with Crippen molar-refractivity contribution in [3.63, 3.8) is 0 Å². The van der Waals surface area contributed by atoms with Crippen molar-refractivity contribution in [1.29, 1.82) is 0 Å². The van der Waals surface area contributed by atoms with Gasteiger partial charge in [0.2, 0.25) is 11.6 Å². The molecule has 6 nitrogen and oxygen atoms in total. The minimum absolute atomic E-state index is 0.00108. The van der Waals surface area contributed by atoms with Gasteiger partial charge in [0, 0.05) is 23.6 Å². The number of aromatic nitrogens is 2. The van der Waals surface area contributed by atoms with E-state index in [-0.39, 0.29) is 28.1 Å². The van der Waals surface area contributed by atoms with Gasteiger partial charge in [-0.1, -0.05) is 6.82 Å². The molecule has 0 spiro atoms. The zero-order chi connectivity index (χ0) is 19.1. The summed E-state index contributed by atoms with van der Waals surface area (Å²) < 4.78 is 7.63. The van der Waals surface area contributed by atoms with Gasteiger partial charge in [-0.3, -0.25) is 14.4 Å². The van der Waals surface area contributed by atoms with Crippen molar-refractivity contribution < 1.29 is 18.8 Å². The second-order valence-corrected chi connectivity index (χ2v) is 6.67. The Morgan fingerprint density at radius 2 is 1.93 bits per heavy atom. The SMILES string of the molecule is C[B]C1=C(Br)c2occ(C(=O)c3ccc(-n4ccnc4)cc3)c2C(=O)C1=O. The number of fused-ring (bicyclic) bond motifs is 1. The molecule has 1 aromatic carbocycles. The van der Waals surface area contributed by atoms with Gasteiger partial charge in [-0.2, -0.15) is 0 Å². The molecule has 0 fully saturated rings. The lowest BCUT2D eigenvalue weighted by Gasteiger charge is -2.13. The van der Waals surface area contributed by atoms with Gasteiger partial charge >= 0.3 is 0 Å². The fourth-order valence-electron chi connectivity index (χ4n) is 2.98. The smallest absolute Gasteiger partial charge is 0.236 e. The van der Waals surface area contributed by atoms with Gasteiger partial charge < -0.3 is 8.98 Å². The molecule has 0 saturated heterocycles. The molecule has 2 aromatic heterocycles. The average molecular weight is 422 g/mol. The normalized spacial score (nSPS) is 13.7. The van der Waals surface area contributed by atoms with Crippen LogP contribution in [-0.4, -0.2) is 34.2 Å². The highest BCUT2D eigenvalue weighted by molar-refractivity contribution is 9.15. The Balaban J connectivity index is 1.74. The average Bonchev–Trinajstić information content (AvgIpc) is 3.36. The first-order valence-corrected chi connectivity index (χ1v) is 8.85. The zero-order valence-corrected chi connectivity index (χ0v) is 15.7. The van der Waals surface area contributed by atoms with Crippen LogP contribution >= 0.6 is 15.9 Å². The molecule has 0 bridgehead atoms. The molecular formula is C19H11BBrN2O4. The number of imidazole rings is 1. The minimum Gasteiger partial charge on any atom is -0.462 e. The number of allylic oxidation sites excluding steroid dienone is 1. The van der Waals surface area contributed by atoms with Gasteiger partial charge in [0.25, 0.3) is 0 Å². The van der Waals surface area contributed by atoms with Crippen molar-refractivity contribution in [2.75, 3.05) is 0 Å². The largest absolute Gasteiger partial charge is 0.462 e. The monoisotopic (exact) mass is 421 g/mol. The number of furan rings is 1. The first kappa shape index (κ1) is 17.4. The van der Waals surface area contributed by atoms with Crippen LogP contribution in [0.15, 0.2) is 59.1 Å². The predicted octanol–water partition coefficient (Wildman–Crippen LogP) is 3.28. The quantitative estimate of drug-likeness (QED) is 0.366. The second-order valence-electron chi connectivity index (χ2n) is 5.87. The van der Waals surface area contributed by atoms with Crippen LogP contribution in [0, 0.1) is 0 Å². The molecule has 0 N–H and O–H groups in total. The number of benzene rings is 1. The summed E-state index contributed by atoms with van der Waals surface area (Å²) in [6, 6.07) is 6.85. The molecule has 8 heteroatoms. The Bertz CT molecular complexity index is 1110. The zero-order valence-electron chi connectivity index (χ0n) is 14.1. The summed E-state index contributed by atoms with van der Waals surface area (Å²) in [4.78, 5) is 41.7. The molecule has 27 heavy (non-hydrogen) atoms. The molecule has 0 saturated carbocycles. The number of hydrogen-bond donors (Lipinski definition) is 0. The number of ketones is 3. The molecule has 0 aliphatic heterocycles. The highest BCUT2D eigenvalue weighted by atomic mass is 79.9. The number of halogens is 1. The van der Waals surface area contributed by atoms with Gasteiger partial charge in [0.15, 0.2) is 18.8 Å². The van der Waals surface area contributed by atoms with Crippen LogP contribution in [0.5, 0.6) is 0 Å². The Morgan fingerprint density at radius 1 is 1.19 bits per heavy atom. The summed E-state index contributed by atoms with van der Waals surface area (Å²) >= 11 is 3.29.